The van der Waals surface area contributed by atoms with Crippen molar-refractivity contribution in [1.29, 1.82) is 0 Å². The minimum Gasteiger partial charge on any atom is -0.494 e. The monoisotopic (exact) mass is 341 g/mol. The summed E-state index contributed by atoms with van der Waals surface area (Å²) in [7, 11) is -2.52. The first kappa shape index (κ1) is 17.3. The number of nitrogens with one attached hydrogen (secondary N) is 1. The molecule has 0 amide bonds. The lowest BCUT2D eigenvalue weighted by molar-refractivity contribution is 0.386. The molecule has 23 heavy (non-hydrogen) atoms. The van der Waals surface area contributed by atoms with Gasteiger partial charge in [-0.05, 0) is 39.8 Å². The maximum Gasteiger partial charge on any atom is 0.265 e. The molecule has 0 saturated heterocycles. The van der Waals surface area contributed by atoms with Crippen LogP contribution in [0.4, 0.5) is 10.1 Å². The zero-order valence-electron chi connectivity index (χ0n) is 13.7. The largest absolute Gasteiger partial charge is 0.494 e. The van der Waals surface area contributed by atoms with E-state index in [0.717, 1.165) is 6.07 Å². The van der Waals surface area contributed by atoms with E-state index in [4.69, 9.17) is 4.74 Å². The highest BCUT2D eigenvalue weighted by molar-refractivity contribution is 7.92. The van der Waals surface area contributed by atoms with Crippen LogP contribution in [0.25, 0.3) is 0 Å². The molecule has 2 rings (SSSR count). The lowest BCUT2D eigenvalue weighted by atomic mass is 10.3. The third-order valence-electron chi connectivity index (χ3n) is 3.42. The van der Waals surface area contributed by atoms with Crippen molar-refractivity contribution in [3.05, 3.63) is 35.4 Å². The molecule has 0 bridgehead atoms. The van der Waals surface area contributed by atoms with Gasteiger partial charge >= 0.3 is 0 Å². The third kappa shape index (κ3) is 3.31. The Balaban J connectivity index is 2.42. The molecule has 0 aliphatic carbocycles. The van der Waals surface area contributed by atoms with E-state index in [-0.39, 0.29) is 22.4 Å². The van der Waals surface area contributed by atoms with Crippen molar-refractivity contribution in [2.24, 2.45) is 0 Å². The summed E-state index contributed by atoms with van der Waals surface area (Å²) in [4.78, 5) is 0.113. The number of anilines is 1. The van der Waals surface area contributed by atoms with Crippen LogP contribution in [0.2, 0.25) is 0 Å². The van der Waals surface area contributed by atoms with E-state index in [0.29, 0.717) is 11.4 Å². The lowest BCUT2D eigenvalue weighted by Crippen LogP contribution is -2.15. The van der Waals surface area contributed by atoms with Crippen molar-refractivity contribution in [3.63, 3.8) is 0 Å². The third-order valence-corrected chi connectivity index (χ3v) is 5.05. The van der Waals surface area contributed by atoms with Gasteiger partial charge in [-0.1, -0.05) is 0 Å². The molecule has 0 aliphatic rings. The fraction of sp³-hybridized carbons (Fsp3) is 0.400. The molecule has 2 aromatic rings. The molecule has 0 saturated carbocycles. The molecule has 0 spiro atoms. The number of hydrogen-bond donors (Lipinski definition) is 1. The van der Waals surface area contributed by atoms with Crippen LogP contribution >= 0.6 is 0 Å². The van der Waals surface area contributed by atoms with Crippen LogP contribution in [-0.4, -0.2) is 25.3 Å². The number of aryl methyl sites for hydroxylation is 1. The van der Waals surface area contributed by atoms with Crippen molar-refractivity contribution in [2.45, 2.75) is 38.6 Å². The van der Waals surface area contributed by atoms with Gasteiger partial charge in [-0.2, -0.15) is 5.10 Å². The van der Waals surface area contributed by atoms with Crippen LogP contribution in [0.1, 0.15) is 31.3 Å². The average Bonchev–Trinajstić information content (AvgIpc) is 2.74. The van der Waals surface area contributed by atoms with Gasteiger partial charge in [-0.25, -0.2) is 12.8 Å². The number of ether oxygens (including phenoxy) is 1. The highest BCUT2D eigenvalue weighted by Gasteiger charge is 2.25. The van der Waals surface area contributed by atoms with Crippen LogP contribution in [-0.2, 0) is 10.0 Å². The summed E-state index contributed by atoms with van der Waals surface area (Å²) >= 11 is 0. The smallest absolute Gasteiger partial charge is 0.265 e. The molecule has 0 atom stereocenters. The van der Waals surface area contributed by atoms with Crippen molar-refractivity contribution in [1.82, 2.24) is 9.78 Å². The SMILES string of the molecule is COc1ccc(NS(=O)(=O)c2c(C)nn(C(C)C)c2C)cc1F. The molecule has 1 aromatic carbocycles. The minimum atomic E-state index is -3.86. The van der Waals surface area contributed by atoms with Crippen LogP contribution < -0.4 is 9.46 Å². The number of halogens is 1. The summed E-state index contributed by atoms with van der Waals surface area (Å²) in [6.07, 6.45) is 0. The second kappa shape index (κ2) is 6.19. The van der Waals surface area contributed by atoms with Crippen LogP contribution in [0.15, 0.2) is 23.1 Å². The molecule has 0 aliphatic heterocycles. The second-order valence-electron chi connectivity index (χ2n) is 5.49. The van der Waals surface area contributed by atoms with Crippen molar-refractivity contribution in [3.8, 4) is 5.75 Å². The normalized spacial score (nSPS) is 11.8. The fourth-order valence-corrected chi connectivity index (χ4v) is 3.93. The van der Waals surface area contributed by atoms with Gasteiger partial charge in [-0.15, -0.1) is 0 Å². The quantitative estimate of drug-likeness (QED) is 0.907. The van der Waals surface area contributed by atoms with E-state index in [9.17, 15) is 12.8 Å². The van der Waals surface area contributed by atoms with Crippen LogP contribution in [0.3, 0.4) is 0 Å². The molecule has 8 heteroatoms. The Hall–Kier alpha value is -2.09. The maximum absolute atomic E-state index is 13.7. The Morgan fingerprint density at radius 2 is 1.96 bits per heavy atom. The highest BCUT2D eigenvalue weighted by atomic mass is 32.2. The number of methoxy groups -OCH3 is 1. The number of aromatic nitrogens is 2. The Morgan fingerprint density at radius 1 is 1.30 bits per heavy atom. The van der Waals surface area contributed by atoms with Gasteiger partial charge in [-0.3, -0.25) is 9.40 Å². The van der Waals surface area contributed by atoms with Gasteiger partial charge in [0.1, 0.15) is 4.90 Å². The topological polar surface area (TPSA) is 73.2 Å². The molecule has 1 heterocycles. The van der Waals surface area contributed by atoms with Crippen LogP contribution in [0, 0.1) is 19.7 Å². The summed E-state index contributed by atoms with van der Waals surface area (Å²) < 4.78 is 47.8. The van der Waals surface area contributed by atoms with E-state index in [2.05, 4.69) is 9.82 Å². The Morgan fingerprint density at radius 3 is 2.43 bits per heavy atom. The first-order valence-electron chi connectivity index (χ1n) is 7.09. The number of hydrogen-bond acceptors (Lipinski definition) is 4. The summed E-state index contributed by atoms with van der Waals surface area (Å²) in [6.45, 7) is 7.17. The second-order valence-corrected chi connectivity index (χ2v) is 7.11. The van der Waals surface area contributed by atoms with Crippen molar-refractivity contribution < 1.29 is 17.5 Å². The molecule has 1 aromatic heterocycles. The van der Waals surface area contributed by atoms with Gasteiger partial charge in [0.2, 0.25) is 0 Å². The Labute approximate surface area is 135 Å². The Bertz CT molecular complexity index is 829. The zero-order valence-corrected chi connectivity index (χ0v) is 14.5. The fourth-order valence-electron chi connectivity index (χ4n) is 2.48. The van der Waals surface area contributed by atoms with Gasteiger partial charge in [0.25, 0.3) is 10.0 Å². The van der Waals surface area contributed by atoms with Crippen LogP contribution in [0.5, 0.6) is 5.75 Å². The summed E-state index contributed by atoms with van der Waals surface area (Å²) in [6, 6.07) is 3.92. The first-order valence-corrected chi connectivity index (χ1v) is 8.57. The molecule has 1 N–H and O–H groups in total. The number of rotatable bonds is 5. The molecular weight excluding hydrogens is 321 g/mol. The molecule has 0 fully saturated rings. The minimum absolute atomic E-state index is 0.0380. The number of nitrogens with zero attached hydrogens (tertiary/aromatic N) is 2. The average molecular weight is 341 g/mol. The van der Waals surface area contributed by atoms with Gasteiger partial charge in [0.15, 0.2) is 11.6 Å². The van der Waals surface area contributed by atoms with Crippen molar-refractivity contribution >= 4 is 15.7 Å². The number of sulfonamides is 1. The van der Waals surface area contributed by atoms with Gasteiger partial charge in [0, 0.05) is 12.1 Å². The number of benzene rings is 1. The molecule has 0 radical (unpaired) electrons. The Kier molecular flexibility index (Phi) is 4.65. The molecule has 6 nitrogen and oxygen atoms in total. The van der Waals surface area contributed by atoms with E-state index in [1.165, 1.54) is 19.2 Å². The zero-order chi connectivity index (χ0) is 17.4. The molecule has 0 unspecified atom stereocenters. The summed E-state index contributed by atoms with van der Waals surface area (Å²) in [5, 5.41) is 4.27. The first-order chi connectivity index (χ1) is 10.7. The molecule has 126 valence electrons. The van der Waals surface area contributed by atoms with Gasteiger partial charge in [0.05, 0.1) is 24.2 Å². The predicted octanol–water partition coefficient (Wildman–Crippen LogP) is 3.03. The highest BCUT2D eigenvalue weighted by Crippen LogP contribution is 2.26. The standard InChI is InChI=1S/C15H20FN3O3S/c1-9(2)19-11(4)15(10(3)17-19)23(20,21)18-12-6-7-14(22-5)13(16)8-12/h6-9,18H,1-5H3. The summed E-state index contributed by atoms with van der Waals surface area (Å²) in [5.74, 6) is -0.591. The summed E-state index contributed by atoms with van der Waals surface area (Å²) in [5.41, 5.74) is 1.07. The molecular formula is C15H20FN3O3S. The predicted molar refractivity (Wildman–Crippen MR) is 85.8 cm³/mol. The van der Waals surface area contributed by atoms with E-state index >= 15 is 0 Å². The van der Waals surface area contributed by atoms with Gasteiger partial charge < -0.3 is 4.74 Å². The van der Waals surface area contributed by atoms with E-state index < -0.39 is 15.8 Å². The lowest BCUT2D eigenvalue weighted by Gasteiger charge is -2.11. The maximum atomic E-state index is 13.7. The van der Waals surface area contributed by atoms with E-state index in [1.54, 1.807) is 18.5 Å². The van der Waals surface area contributed by atoms with Crippen molar-refractivity contribution in [2.75, 3.05) is 11.8 Å². The van der Waals surface area contributed by atoms with E-state index in [1.807, 2.05) is 13.8 Å².